The minimum Gasteiger partial charge on any atom is -0.368 e. The fourth-order valence-corrected chi connectivity index (χ4v) is 0.924. The number of nitrogens with one attached hydrogen (secondary N) is 1. The average Bonchev–Trinajstić information content (AvgIpc) is 2.19. The van der Waals surface area contributed by atoms with Crippen LogP contribution >= 0.6 is 0 Å². The molecule has 1 heterocycles. The number of hydrogen-bond donors (Lipinski definition) is 1. The van der Waals surface area contributed by atoms with Gasteiger partial charge >= 0.3 is 0 Å². The Morgan fingerprint density at radius 2 is 2.62 bits per heavy atom. The van der Waals surface area contributed by atoms with E-state index in [0.717, 1.165) is 5.32 Å². The summed E-state index contributed by atoms with van der Waals surface area (Å²) in [5.41, 5.74) is 2.07. The molecular formula is C5H4N2Si. The molecule has 1 rings (SSSR count). The van der Waals surface area contributed by atoms with Crippen LogP contribution in [-0.2, 0) is 0 Å². The maximum Gasteiger partial charge on any atom is 0.247 e. The van der Waals surface area contributed by atoms with E-state index in [0.29, 0.717) is 0 Å². The second kappa shape index (κ2) is 2.33. The predicted molar refractivity (Wildman–Crippen MR) is 31.8 cm³/mol. The van der Waals surface area contributed by atoms with Gasteiger partial charge in [0.2, 0.25) is 9.52 Å². The quantitative estimate of drug-likeness (QED) is 0.513. The lowest BCUT2D eigenvalue weighted by molar-refractivity contribution is 1.47. The first-order valence-corrected chi connectivity index (χ1v) is 3.22. The number of hydrogen-bond acceptors (Lipinski definition) is 1. The summed E-state index contributed by atoms with van der Waals surface area (Å²) in [6.07, 6.45) is 1.82. The molecule has 1 N–H and O–H groups in total. The van der Waals surface area contributed by atoms with Crippen LogP contribution in [0.25, 0.3) is 0 Å². The highest BCUT2D eigenvalue weighted by atomic mass is 28.2. The Morgan fingerprint density at radius 3 is 3.12 bits per heavy atom. The van der Waals surface area contributed by atoms with E-state index in [1.54, 1.807) is 0 Å². The van der Waals surface area contributed by atoms with Crippen molar-refractivity contribution >= 4 is 14.8 Å². The SMILES string of the molecule is N#C[Si]c1ccc[nH]1. The molecule has 0 fully saturated rings. The van der Waals surface area contributed by atoms with Gasteiger partial charge in [-0.1, -0.05) is 0 Å². The van der Waals surface area contributed by atoms with Crippen molar-refractivity contribution in [3.8, 4) is 5.69 Å². The van der Waals surface area contributed by atoms with Gasteiger partial charge in [0.25, 0.3) is 0 Å². The van der Waals surface area contributed by atoms with E-state index in [1.165, 1.54) is 0 Å². The second-order valence-electron chi connectivity index (χ2n) is 1.32. The van der Waals surface area contributed by atoms with Gasteiger partial charge in [-0.15, -0.1) is 0 Å². The zero-order valence-electron chi connectivity index (χ0n) is 4.18. The third kappa shape index (κ3) is 0.981. The van der Waals surface area contributed by atoms with Gasteiger partial charge in [0, 0.05) is 17.2 Å². The molecule has 2 radical (unpaired) electrons. The maximum absolute atomic E-state index is 8.18. The largest absolute Gasteiger partial charge is 0.368 e. The number of nitriles is 1. The van der Waals surface area contributed by atoms with Crippen molar-refractivity contribution in [2.45, 2.75) is 0 Å². The van der Waals surface area contributed by atoms with Crippen LogP contribution in [0.2, 0.25) is 0 Å². The van der Waals surface area contributed by atoms with E-state index in [4.69, 9.17) is 5.26 Å². The van der Waals surface area contributed by atoms with Gasteiger partial charge in [-0.25, -0.2) is 5.26 Å². The normalized spacial score (nSPS) is 8.38. The van der Waals surface area contributed by atoms with E-state index >= 15 is 0 Å². The topological polar surface area (TPSA) is 39.6 Å². The Bertz CT molecular complexity index is 185. The van der Waals surface area contributed by atoms with Crippen molar-refractivity contribution in [2.24, 2.45) is 0 Å². The average molecular weight is 120 g/mol. The number of aromatic nitrogens is 1. The highest BCUT2D eigenvalue weighted by molar-refractivity contribution is 6.60. The van der Waals surface area contributed by atoms with Crippen LogP contribution in [-0.4, -0.2) is 14.5 Å². The third-order valence-corrected chi connectivity index (χ3v) is 1.48. The smallest absolute Gasteiger partial charge is 0.247 e. The molecule has 0 unspecified atom stereocenters. The minimum absolute atomic E-state index is 0.262. The first-order chi connectivity index (χ1) is 3.93. The van der Waals surface area contributed by atoms with E-state index < -0.39 is 0 Å². The van der Waals surface area contributed by atoms with Crippen molar-refractivity contribution in [3.63, 3.8) is 0 Å². The predicted octanol–water partition coefficient (Wildman–Crippen LogP) is -0.175. The highest BCUT2D eigenvalue weighted by Crippen LogP contribution is 1.72. The zero-order valence-corrected chi connectivity index (χ0v) is 5.18. The molecule has 1 aromatic heterocycles. The second-order valence-corrected chi connectivity index (χ2v) is 2.33. The van der Waals surface area contributed by atoms with Gasteiger partial charge in [0.1, 0.15) is 0 Å². The van der Waals surface area contributed by atoms with E-state index in [9.17, 15) is 0 Å². The number of rotatable bonds is 1. The molecule has 0 saturated heterocycles. The molecule has 0 atom stereocenters. The fraction of sp³-hybridized carbons (Fsp3) is 0. The maximum atomic E-state index is 8.18. The molecule has 0 bridgehead atoms. The Hall–Kier alpha value is -1.01. The number of nitrogens with zero attached hydrogens (tertiary/aromatic N) is 1. The molecule has 3 heteroatoms. The van der Waals surface area contributed by atoms with Crippen LogP contribution in [0.4, 0.5) is 0 Å². The lowest BCUT2D eigenvalue weighted by Crippen LogP contribution is -2.11. The Morgan fingerprint density at radius 1 is 1.75 bits per heavy atom. The number of H-pyrrole nitrogens is 1. The first kappa shape index (κ1) is 5.13. The van der Waals surface area contributed by atoms with Crippen LogP contribution in [0.5, 0.6) is 0 Å². The molecule has 8 heavy (non-hydrogen) atoms. The van der Waals surface area contributed by atoms with Crippen molar-refractivity contribution < 1.29 is 0 Å². The van der Waals surface area contributed by atoms with Crippen molar-refractivity contribution in [2.75, 3.05) is 0 Å². The lowest BCUT2D eigenvalue weighted by atomic mass is 10.7. The molecule has 0 aliphatic heterocycles. The Kier molecular flexibility index (Phi) is 1.50. The highest BCUT2D eigenvalue weighted by Gasteiger charge is 1.89. The number of aromatic amines is 1. The van der Waals surface area contributed by atoms with E-state index in [1.807, 2.05) is 18.3 Å². The van der Waals surface area contributed by atoms with Crippen LogP contribution in [0.15, 0.2) is 18.3 Å². The monoisotopic (exact) mass is 120 g/mol. The summed E-state index contributed by atoms with van der Waals surface area (Å²) in [4.78, 5) is 2.93. The molecule has 1 aromatic rings. The van der Waals surface area contributed by atoms with Crippen LogP contribution < -0.4 is 5.32 Å². The van der Waals surface area contributed by atoms with E-state index in [2.05, 4.69) is 10.7 Å². The minimum atomic E-state index is 0.262. The first-order valence-electron chi connectivity index (χ1n) is 2.22. The zero-order chi connectivity index (χ0) is 5.82. The summed E-state index contributed by atoms with van der Waals surface area (Å²) in [6, 6.07) is 3.79. The summed E-state index contributed by atoms with van der Waals surface area (Å²) in [6.45, 7) is 0. The van der Waals surface area contributed by atoms with Gasteiger partial charge in [-0.3, -0.25) is 0 Å². The van der Waals surface area contributed by atoms with Gasteiger partial charge in [-0.2, -0.15) is 0 Å². The molecule has 0 saturated carbocycles. The molecule has 0 amide bonds. The van der Waals surface area contributed by atoms with Crippen molar-refractivity contribution in [1.29, 1.82) is 5.26 Å². The van der Waals surface area contributed by atoms with Crippen molar-refractivity contribution in [3.05, 3.63) is 18.3 Å². The van der Waals surface area contributed by atoms with Gasteiger partial charge in [0.15, 0.2) is 0 Å². The van der Waals surface area contributed by atoms with E-state index in [-0.39, 0.29) is 9.52 Å². The fourth-order valence-electron chi connectivity index (χ4n) is 0.468. The molecule has 0 aliphatic rings. The summed E-state index contributed by atoms with van der Waals surface area (Å²) in [7, 11) is 0.262. The summed E-state index contributed by atoms with van der Waals surface area (Å²) in [5, 5.41) is 9.19. The van der Waals surface area contributed by atoms with Crippen LogP contribution in [0, 0.1) is 11.0 Å². The summed E-state index contributed by atoms with van der Waals surface area (Å²) in [5.74, 6) is 0. The van der Waals surface area contributed by atoms with Crippen molar-refractivity contribution in [1.82, 2.24) is 4.98 Å². The summed E-state index contributed by atoms with van der Waals surface area (Å²) >= 11 is 0. The van der Waals surface area contributed by atoms with Crippen LogP contribution in [0.1, 0.15) is 0 Å². The molecule has 38 valence electrons. The van der Waals surface area contributed by atoms with Crippen LogP contribution in [0.3, 0.4) is 0 Å². The summed E-state index contributed by atoms with van der Waals surface area (Å²) < 4.78 is 0. The lowest BCUT2D eigenvalue weighted by Gasteiger charge is -1.76. The molecule has 0 aromatic carbocycles. The molecule has 2 nitrogen and oxygen atoms in total. The van der Waals surface area contributed by atoms with Gasteiger partial charge < -0.3 is 4.98 Å². The third-order valence-electron chi connectivity index (χ3n) is 0.789. The Balaban J connectivity index is 2.67. The molecule has 0 spiro atoms. The molecular weight excluding hydrogens is 116 g/mol. The van der Waals surface area contributed by atoms with Gasteiger partial charge in [0.05, 0.1) is 0 Å². The Labute approximate surface area is 50.0 Å². The molecule has 0 aliphatic carbocycles. The standard InChI is InChI=1S/C5H4N2Si/c6-4-8-5-2-1-3-7-5/h1-3,7H. The van der Waals surface area contributed by atoms with Gasteiger partial charge in [-0.05, 0) is 12.1 Å².